The molecule has 16 heavy (non-hydrogen) atoms. The molecule has 0 spiro atoms. The van der Waals surface area contributed by atoms with E-state index in [2.05, 4.69) is 0 Å². The van der Waals surface area contributed by atoms with E-state index < -0.39 is 0 Å². The van der Waals surface area contributed by atoms with Crippen molar-refractivity contribution in [2.45, 2.75) is 31.3 Å². The van der Waals surface area contributed by atoms with Gasteiger partial charge < -0.3 is 18.9 Å². The predicted molar refractivity (Wildman–Crippen MR) is 52.6 cm³/mol. The second-order valence-electron chi connectivity index (χ2n) is 4.59. The van der Waals surface area contributed by atoms with Crippen molar-refractivity contribution in [1.29, 1.82) is 0 Å². The lowest BCUT2D eigenvalue weighted by atomic mass is 9.91. The average molecular weight is 228 g/mol. The second-order valence-corrected chi connectivity index (χ2v) is 4.59. The van der Waals surface area contributed by atoms with Gasteiger partial charge in [0.05, 0.1) is 25.7 Å². The topological polar surface area (TPSA) is 54.0 Å². The van der Waals surface area contributed by atoms with Gasteiger partial charge in [-0.05, 0) is 0 Å². The summed E-state index contributed by atoms with van der Waals surface area (Å²) in [5, 5.41) is 0. The molecular formula is C11H16O5. The molecule has 0 N–H and O–H groups in total. The van der Waals surface area contributed by atoms with Crippen molar-refractivity contribution in [2.75, 3.05) is 20.3 Å². The summed E-state index contributed by atoms with van der Waals surface area (Å²) in [7, 11) is 1.69. The van der Waals surface area contributed by atoms with E-state index in [-0.39, 0.29) is 36.3 Å². The third-order valence-electron chi connectivity index (χ3n) is 3.82. The number of carbonyl (C=O) groups is 1. The molecule has 0 aromatic heterocycles. The van der Waals surface area contributed by atoms with Crippen LogP contribution in [0.4, 0.5) is 0 Å². The van der Waals surface area contributed by atoms with Crippen LogP contribution in [0.5, 0.6) is 0 Å². The number of carbonyl (C=O) groups excluding carboxylic acids is 1. The summed E-state index contributed by atoms with van der Waals surface area (Å²) in [5.74, 6) is 0.219. The summed E-state index contributed by atoms with van der Waals surface area (Å²) < 4.78 is 21.8. The van der Waals surface area contributed by atoms with Gasteiger partial charge >= 0.3 is 5.97 Å². The average Bonchev–Trinajstić information content (AvgIpc) is 2.91. The molecular weight excluding hydrogens is 212 g/mol. The van der Waals surface area contributed by atoms with Gasteiger partial charge in [0.25, 0.3) is 0 Å². The number of fused-ring (bicyclic) bond motifs is 1. The Kier molecular flexibility index (Phi) is 2.61. The quantitative estimate of drug-likeness (QED) is 0.637. The first-order chi connectivity index (χ1) is 7.79. The van der Waals surface area contributed by atoms with Gasteiger partial charge in [-0.25, -0.2) is 0 Å². The molecule has 1 saturated carbocycles. The van der Waals surface area contributed by atoms with Crippen molar-refractivity contribution in [3.63, 3.8) is 0 Å². The highest BCUT2D eigenvalue weighted by molar-refractivity contribution is 5.72. The fraction of sp³-hybridized carbons (Fsp3) is 0.909. The molecule has 90 valence electrons. The van der Waals surface area contributed by atoms with Gasteiger partial charge in [-0.2, -0.15) is 0 Å². The van der Waals surface area contributed by atoms with E-state index in [4.69, 9.17) is 18.9 Å². The van der Waals surface area contributed by atoms with Crippen molar-refractivity contribution in [3.05, 3.63) is 0 Å². The van der Waals surface area contributed by atoms with E-state index in [1.165, 1.54) is 0 Å². The van der Waals surface area contributed by atoms with Gasteiger partial charge in [0, 0.05) is 25.4 Å². The molecule has 1 aliphatic carbocycles. The van der Waals surface area contributed by atoms with E-state index >= 15 is 0 Å². The van der Waals surface area contributed by atoms with Crippen LogP contribution in [0.2, 0.25) is 0 Å². The summed E-state index contributed by atoms with van der Waals surface area (Å²) in [6.07, 6.45) is 1.08. The van der Waals surface area contributed by atoms with Crippen LogP contribution in [0, 0.1) is 11.8 Å². The maximum atomic E-state index is 11.3. The van der Waals surface area contributed by atoms with Gasteiger partial charge in [-0.3, -0.25) is 4.79 Å². The predicted octanol–water partition coefficient (Wildman–Crippen LogP) is 0.326. The minimum Gasteiger partial charge on any atom is -0.462 e. The molecule has 0 radical (unpaired) electrons. The minimum absolute atomic E-state index is 0.00440. The molecule has 3 fully saturated rings. The molecule has 2 aliphatic heterocycles. The summed E-state index contributed by atoms with van der Waals surface area (Å²) in [6.45, 7) is 1.26. The maximum absolute atomic E-state index is 11.3. The Hall–Kier alpha value is -0.650. The second kappa shape index (κ2) is 3.98. The van der Waals surface area contributed by atoms with Crippen LogP contribution < -0.4 is 0 Å². The molecule has 3 rings (SSSR count). The van der Waals surface area contributed by atoms with E-state index in [0.29, 0.717) is 19.6 Å². The monoisotopic (exact) mass is 228 g/mol. The van der Waals surface area contributed by atoms with Crippen molar-refractivity contribution in [1.82, 2.24) is 0 Å². The van der Waals surface area contributed by atoms with E-state index in [1.54, 1.807) is 7.11 Å². The molecule has 5 heteroatoms. The fourth-order valence-corrected chi connectivity index (χ4v) is 3.13. The van der Waals surface area contributed by atoms with Gasteiger partial charge in [0.15, 0.2) is 6.29 Å². The molecule has 5 nitrogen and oxygen atoms in total. The molecule has 0 bridgehead atoms. The first kappa shape index (κ1) is 10.5. The number of rotatable bonds is 2. The Labute approximate surface area is 94.0 Å². The molecule has 0 amide bonds. The molecule has 3 aliphatic rings. The van der Waals surface area contributed by atoms with Crippen LogP contribution >= 0.6 is 0 Å². The third kappa shape index (κ3) is 1.54. The van der Waals surface area contributed by atoms with Crippen LogP contribution in [0.25, 0.3) is 0 Å². The van der Waals surface area contributed by atoms with Crippen molar-refractivity contribution >= 4 is 5.97 Å². The molecule has 2 saturated heterocycles. The molecule has 0 aromatic rings. The molecule has 4 atom stereocenters. The lowest BCUT2D eigenvalue weighted by molar-refractivity contribution is -0.142. The highest BCUT2D eigenvalue weighted by Gasteiger charge is 2.54. The Balaban J connectivity index is 1.79. The van der Waals surface area contributed by atoms with Crippen molar-refractivity contribution < 1.29 is 23.7 Å². The van der Waals surface area contributed by atoms with Crippen molar-refractivity contribution in [3.8, 4) is 0 Å². The number of esters is 1. The number of ether oxygens (including phenoxy) is 4. The van der Waals surface area contributed by atoms with Crippen molar-refractivity contribution in [2.24, 2.45) is 11.8 Å². The molecule has 0 aromatic carbocycles. The highest BCUT2D eigenvalue weighted by atomic mass is 16.7. The standard InChI is InChI=1S/C11H16O5/c1-13-8-5-7-6(4-9(12)16-7)10(8)11-14-2-3-15-11/h6-8,10-11H,2-5H2,1H3/t6-,7?,8+,10?/m0/s1. The zero-order chi connectivity index (χ0) is 11.1. The summed E-state index contributed by atoms with van der Waals surface area (Å²) >= 11 is 0. The van der Waals surface area contributed by atoms with Gasteiger partial charge in [0.1, 0.15) is 6.10 Å². The molecule has 2 heterocycles. The number of hydrogen-bond donors (Lipinski definition) is 0. The minimum atomic E-state index is -0.227. The maximum Gasteiger partial charge on any atom is 0.306 e. The van der Waals surface area contributed by atoms with Crippen LogP contribution in [-0.4, -0.2) is 44.8 Å². The zero-order valence-electron chi connectivity index (χ0n) is 9.26. The van der Waals surface area contributed by atoms with Crippen LogP contribution in [0.1, 0.15) is 12.8 Å². The summed E-state index contributed by atoms with van der Waals surface area (Å²) in [4.78, 5) is 11.3. The van der Waals surface area contributed by atoms with Crippen LogP contribution in [-0.2, 0) is 23.7 Å². The normalized spacial score (nSPS) is 43.7. The lowest BCUT2D eigenvalue weighted by Crippen LogP contribution is -2.34. The van der Waals surface area contributed by atoms with Gasteiger partial charge in [-0.15, -0.1) is 0 Å². The first-order valence-electron chi connectivity index (χ1n) is 5.75. The smallest absolute Gasteiger partial charge is 0.306 e. The Morgan fingerprint density at radius 3 is 2.75 bits per heavy atom. The number of hydrogen-bond acceptors (Lipinski definition) is 5. The zero-order valence-corrected chi connectivity index (χ0v) is 9.26. The Morgan fingerprint density at radius 2 is 2.06 bits per heavy atom. The summed E-state index contributed by atoms with van der Waals surface area (Å²) in [6, 6.07) is 0. The summed E-state index contributed by atoms with van der Waals surface area (Å²) in [5.41, 5.74) is 0. The lowest BCUT2D eigenvalue weighted by Gasteiger charge is -2.26. The van der Waals surface area contributed by atoms with E-state index in [9.17, 15) is 4.79 Å². The van der Waals surface area contributed by atoms with Gasteiger partial charge in [-0.1, -0.05) is 0 Å². The van der Waals surface area contributed by atoms with Crippen LogP contribution in [0.15, 0.2) is 0 Å². The Morgan fingerprint density at radius 1 is 1.31 bits per heavy atom. The molecule has 2 unspecified atom stereocenters. The first-order valence-corrected chi connectivity index (χ1v) is 5.75. The third-order valence-corrected chi connectivity index (χ3v) is 3.82. The number of methoxy groups -OCH3 is 1. The SMILES string of the molecule is CO[C@@H]1CC2OC(=O)C[C@@H]2C1C1OCCO1. The highest BCUT2D eigenvalue weighted by Crippen LogP contribution is 2.45. The van der Waals surface area contributed by atoms with Gasteiger partial charge in [0.2, 0.25) is 0 Å². The van der Waals surface area contributed by atoms with Crippen LogP contribution in [0.3, 0.4) is 0 Å². The Bertz CT molecular complexity index is 284. The van der Waals surface area contributed by atoms with E-state index in [0.717, 1.165) is 6.42 Å². The fourth-order valence-electron chi connectivity index (χ4n) is 3.13. The van der Waals surface area contributed by atoms with E-state index in [1.807, 2.05) is 0 Å². The largest absolute Gasteiger partial charge is 0.462 e.